The monoisotopic (exact) mass is 350 g/mol. The first-order valence-electron chi connectivity index (χ1n) is 6.64. The van der Waals surface area contributed by atoms with Crippen LogP contribution in [0.4, 0.5) is 0 Å². The van der Waals surface area contributed by atoms with Crippen molar-refractivity contribution in [1.82, 2.24) is 9.97 Å². The lowest BCUT2D eigenvalue weighted by Crippen LogP contribution is -1.99. The van der Waals surface area contributed by atoms with E-state index in [1.165, 1.54) is 0 Å². The molecule has 21 heavy (non-hydrogen) atoms. The van der Waals surface area contributed by atoms with Gasteiger partial charge in [-0.3, -0.25) is 0 Å². The summed E-state index contributed by atoms with van der Waals surface area (Å²) in [5.41, 5.74) is 0. The van der Waals surface area contributed by atoms with Crippen LogP contribution in [-0.4, -0.2) is 24.2 Å². The molecule has 0 radical (unpaired) electrons. The number of hydrogen-bond donors (Lipinski definition) is 0. The molecule has 1 aromatic heterocycles. The molecule has 110 valence electrons. The molecule has 0 bridgehead atoms. The fourth-order valence-corrected chi connectivity index (χ4v) is 2.39. The zero-order valence-electron chi connectivity index (χ0n) is 11.8. The van der Waals surface area contributed by atoms with Crippen LogP contribution in [0.3, 0.4) is 0 Å². The molecule has 1 fully saturated rings. The van der Waals surface area contributed by atoms with E-state index in [2.05, 4.69) is 25.9 Å². The highest BCUT2D eigenvalue weighted by atomic mass is 79.9. The number of hydrogen-bond acceptors (Lipinski definition) is 5. The quantitative estimate of drug-likeness (QED) is 0.764. The molecule has 6 heteroatoms. The first-order valence-corrected chi connectivity index (χ1v) is 7.44. The molecule has 0 amide bonds. The van der Waals surface area contributed by atoms with E-state index in [1.54, 1.807) is 20.3 Å². The summed E-state index contributed by atoms with van der Waals surface area (Å²) in [6.07, 6.45) is 2.27. The maximum atomic E-state index is 5.89. The van der Waals surface area contributed by atoms with Crippen molar-refractivity contribution in [2.24, 2.45) is 0 Å². The molecule has 0 atom stereocenters. The van der Waals surface area contributed by atoms with Crippen LogP contribution in [0.1, 0.15) is 24.6 Å². The average molecular weight is 351 g/mol. The van der Waals surface area contributed by atoms with Crippen molar-refractivity contribution < 1.29 is 14.2 Å². The van der Waals surface area contributed by atoms with E-state index >= 15 is 0 Å². The Morgan fingerprint density at radius 2 is 1.76 bits per heavy atom. The molecule has 3 rings (SSSR count). The van der Waals surface area contributed by atoms with Crippen LogP contribution in [0.2, 0.25) is 0 Å². The van der Waals surface area contributed by atoms with E-state index in [-0.39, 0.29) is 0 Å². The molecule has 0 spiro atoms. The number of aromatic nitrogens is 2. The second-order valence-corrected chi connectivity index (χ2v) is 5.57. The van der Waals surface area contributed by atoms with E-state index < -0.39 is 0 Å². The molecule has 1 heterocycles. The zero-order valence-corrected chi connectivity index (χ0v) is 13.4. The first-order chi connectivity index (χ1) is 10.2. The predicted octanol–water partition coefficient (Wildman–Crippen LogP) is 3.93. The Bertz CT molecular complexity index is 637. The molecular weight excluding hydrogens is 336 g/mol. The number of nitrogens with zero attached hydrogens (tertiary/aromatic N) is 2. The summed E-state index contributed by atoms with van der Waals surface area (Å²) >= 11 is 3.40. The van der Waals surface area contributed by atoms with Gasteiger partial charge >= 0.3 is 0 Å². The summed E-state index contributed by atoms with van der Waals surface area (Å²) < 4.78 is 17.2. The van der Waals surface area contributed by atoms with Gasteiger partial charge < -0.3 is 14.2 Å². The third-order valence-electron chi connectivity index (χ3n) is 3.22. The zero-order chi connectivity index (χ0) is 14.8. The first kappa shape index (κ1) is 14.1. The molecular formula is C15H15BrN2O3. The lowest BCUT2D eigenvalue weighted by molar-refractivity contribution is 0.341. The Labute approximate surface area is 131 Å². The van der Waals surface area contributed by atoms with Gasteiger partial charge in [-0.25, -0.2) is 4.98 Å². The highest BCUT2D eigenvalue weighted by molar-refractivity contribution is 9.10. The second kappa shape index (κ2) is 5.89. The molecule has 1 aromatic carbocycles. The van der Waals surface area contributed by atoms with Gasteiger partial charge in [-0.05, 0) is 40.9 Å². The smallest absolute Gasteiger partial charge is 0.224 e. The maximum absolute atomic E-state index is 5.89. The highest BCUT2D eigenvalue weighted by Crippen LogP contribution is 2.42. The lowest BCUT2D eigenvalue weighted by Gasteiger charge is -2.13. The summed E-state index contributed by atoms with van der Waals surface area (Å²) in [4.78, 5) is 8.85. The average Bonchev–Trinajstić information content (AvgIpc) is 3.31. The molecule has 1 saturated carbocycles. The van der Waals surface area contributed by atoms with E-state index in [1.807, 2.05) is 18.2 Å². The molecule has 0 aliphatic heterocycles. The summed E-state index contributed by atoms with van der Waals surface area (Å²) in [7, 11) is 3.18. The summed E-state index contributed by atoms with van der Waals surface area (Å²) in [6.45, 7) is 0. The number of benzene rings is 1. The van der Waals surface area contributed by atoms with Gasteiger partial charge in [-0.2, -0.15) is 4.98 Å². The molecule has 2 aromatic rings. The Kier molecular flexibility index (Phi) is 3.96. The second-order valence-electron chi connectivity index (χ2n) is 4.76. The van der Waals surface area contributed by atoms with E-state index in [0.717, 1.165) is 18.7 Å². The van der Waals surface area contributed by atoms with E-state index in [0.29, 0.717) is 33.6 Å². The standard InChI is InChI=1S/C15H15BrN2O3/c1-19-10-4-3-5-11(20-2)14(10)21-13-8-12(16)17-15(18-13)9-6-7-9/h3-5,8-9H,6-7H2,1-2H3. The van der Waals surface area contributed by atoms with Crippen LogP contribution >= 0.6 is 15.9 Å². The minimum Gasteiger partial charge on any atom is -0.493 e. The largest absolute Gasteiger partial charge is 0.493 e. The van der Waals surface area contributed by atoms with Crippen LogP contribution in [0.25, 0.3) is 0 Å². The van der Waals surface area contributed by atoms with Crippen LogP contribution in [0.15, 0.2) is 28.9 Å². The molecule has 0 unspecified atom stereocenters. The molecule has 1 aliphatic carbocycles. The Hall–Kier alpha value is -1.82. The maximum Gasteiger partial charge on any atom is 0.224 e. The number of methoxy groups -OCH3 is 2. The van der Waals surface area contributed by atoms with Gasteiger partial charge in [0, 0.05) is 12.0 Å². The summed E-state index contributed by atoms with van der Waals surface area (Å²) in [5, 5.41) is 0. The van der Waals surface area contributed by atoms with Crippen molar-refractivity contribution >= 4 is 15.9 Å². The van der Waals surface area contributed by atoms with Gasteiger partial charge in [-0.15, -0.1) is 0 Å². The molecule has 0 saturated heterocycles. The minimum absolute atomic E-state index is 0.449. The fraction of sp³-hybridized carbons (Fsp3) is 0.333. The number of para-hydroxylation sites is 1. The van der Waals surface area contributed by atoms with Gasteiger partial charge in [0.1, 0.15) is 10.4 Å². The van der Waals surface area contributed by atoms with Crippen molar-refractivity contribution in [2.75, 3.05) is 14.2 Å². The van der Waals surface area contributed by atoms with Crippen molar-refractivity contribution in [2.45, 2.75) is 18.8 Å². The van der Waals surface area contributed by atoms with Crippen LogP contribution < -0.4 is 14.2 Å². The normalized spacial score (nSPS) is 13.9. The molecule has 0 N–H and O–H groups in total. The van der Waals surface area contributed by atoms with Gasteiger partial charge in [0.15, 0.2) is 11.5 Å². The van der Waals surface area contributed by atoms with Crippen LogP contribution in [0.5, 0.6) is 23.1 Å². The fourth-order valence-electron chi connectivity index (χ4n) is 2.01. The van der Waals surface area contributed by atoms with Gasteiger partial charge in [0.25, 0.3) is 0 Å². The predicted molar refractivity (Wildman–Crippen MR) is 81.3 cm³/mol. The van der Waals surface area contributed by atoms with Crippen molar-refractivity contribution in [3.05, 3.63) is 34.7 Å². The van der Waals surface area contributed by atoms with Crippen LogP contribution in [0, 0.1) is 0 Å². The highest BCUT2D eigenvalue weighted by Gasteiger charge is 2.27. The Morgan fingerprint density at radius 1 is 1.10 bits per heavy atom. The van der Waals surface area contributed by atoms with Gasteiger partial charge in [-0.1, -0.05) is 6.07 Å². The molecule has 5 nitrogen and oxygen atoms in total. The summed E-state index contributed by atoms with van der Waals surface area (Å²) in [5.74, 6) is 3.43. The van der Waals surface area contributed by atoms with Crippen molar-refractivity contribution in [3.63, 3.8) is 0 Å². The summed E-state index contributed by atoms with van der Waals surface area (Å²) in [6, 6.07) is 7.21. The Balaban J connectivity index is 1.96. The topological polar surface area (TPSA) is 53.5 Å². The van der Waals surface area contributed by atoms with Crippen molar-refractivity contribution in [1.29, 1.82) is 0 Å². The van der Waals surface area contributed by atoms with Crippen molar-refractivity contribution in [3.8, 4) is 23.1 Å². The SMILES string of the molecule is COc1cccc(OC)c1Oc1cc(Br)nc(C2CC2)n1. The third-order valence-corrected chi connectivity index (χ3v) is 3.63. The van der Waals surface area contributed by atoms with E-state index in [4.69, 9.17) is 14.2 Å². The van der Waals surface area contributed by atoms with Crippen LogP contribution in [-0.2, 0) is 0 Å². The van der Waals surface area contributed by atoms with Gasteiger partial charge in [0.05, 0.1) is 14.2 Å². The molecule has 1 aliphatic rings. The minimum atomic E-state index is 0.449. The van der Waals surface area contributed by atoms with Gasteiger partial charge in [0.2, 0.25) is 11.6 Å². The van der Waals surface area contributed by atoms with E-state index in [9.17, 15) is 0 Å². The number of ether oxygens (including phenoxy) is 3. The number of rotatable bonds is 5. The Morgan fingerprint density at radius 3 is 2.33 bits per heavy atom. The number of halogens is 1. The lowest BCUT2D eigenvalue weighted by atomic mass is 10.3. The third kappa shape index (κ3) is 3.10.